The minimum Gasteiger partial charge on any atom is -0.354 e. The first-order valence-corrected chi connectivity index (χ1v) is 14.0. The lowest BCUT2D eigenvalue weighted by molar-refractivity contribution is -0.140. The summed E-state index contributed by atoms with van der Waals surface area (Å²) in [4.78, 5) is 28.3. The number of hydrogen-bond donors (Lipinski definition) is 1. The Bertz CT molecular complexity index is 1110. The lowest BCUT2D eigenvalue weighted by Gasteiger charge is -2.33. The van der Waals surface area contributed by atoms with E-state index < -0.39 is 22.0 Å². The molecule has 0 aliphatic heterocycles. The maximum absolute atomic E-state index is 13.8. The maximum Gasteiger partial charge on any atom is 0.244 e. The van der Waals surface area contributed by atoms with Crippen molar-refractivity contribution in [3.63, 3.8) is 0 Å². The summed E-state index contributed by atoms with van der Waals surface area (Å²) in [6.45, 7) is 10.1. The van der Waals surface area contributed by atoms with Gasteiger partial charge in [-0.05, 0) is 48.4 Å². The van der Waals surface area contributed by atoms with Gasteiger partial charge < -0.3 is 10.2 Å². The molecule has 0 aliphatic rings. The Labute approximate surface area is 210 Å². The van der Waals surface area contributed by atoms with Gasteiger partial charge in [-0.3, -0.25) is 13.9 Å². The molecule has 0 spiro atoms. The van der Waals surface area contributed by atoms with Crippen molar-refractivity contribution in [2.75, 3.05) is 23.7 Å². The topological polar surface area (TPSA) is 86.8 Å². The van der Waals surface area contributed by atoms with Crippen LogP contribution in [0.3, 0.4) is 0 Å². The Kier molecular flexibility index (Phi) is 10.3. The molecule has 0 heterocycles. The number of sulfonamides is 1. The summed E-state index contributed by atoms with van der Waals surface area (Å²) in [5, 5.41) is 2.89. The van der Waals surface area contributed by atoms with Crippen LogP contribution in [0.5, 0.6) is 0 Å². The molecule has 0 radical (unpaired) electrons. The van der Waals surface area contributed by atoms with Gasteiger partial charge in [-0.2, -0.15) is 0 Å². The highest BCUT2D eigenvalue weighted by Crippen LogP contribution is 2.29. The molecule has 0 bridgehead atoms. The van der Waals surface area contributed by atoms with Gasteiger partial charge in [0, 0.05) is 13.1 Å². The number of hydrogen-bond acceptors (Lipinski definition) is 4. The molecule has 0 unspecified atom stereocenters. The molecule has 0 aliphatic carbocycles. The van der Waals surface area contributed by atoms with Crippen molar-refractivity contribution in [1.29, 1.82) is 0 Å². The maximum atomic E-state index is 13.8. The molecular formula is C27H39N3O4S. The number of benzene rings is 2. The molecule has 1 N–H and O–H groups in total. The molecule has 0 aromatic heterocycles. The Morgan fingerprint density at radius 3 is 2.20 bits per heavy atom. The van der Waals surface area contributed by atoms with Crippen molar-refractivity contribution < 1.29 is 18.0 Å². The number of rotatable bonds is 12. The molecule has 0 saturated heterocycles. The second-order valence-electron chi connectivity index (χ2n) is 9.15. The summed E-state index contributed by atoms with van der Waals surface area (Å²) in [5.74, 6) is -0.586. The molecule has 35 heavy (non-hydrogen) atoms. The van der Waals surface area contributed by atoms with Gasteiger partial charge in [0.15, 0.2) is 0 Å². The predicted molar refractivity (Wildman–Crippen MR) is 142 cm³/mol. The Morgan fingerprint density at radius 2 is 1.63 bits per heavy atom. The van der Waals surface area contributed by atoms with E-state index in [0.717, 1.165) is 33.7 Å². The lowest BCUT2D eigenvalue weighted by atomic mass is 10.0. The number of aryl methyl sites for hydroxylation is 1. The van der Waals surface area contributed by atoms with E-state index in [1.54, 1.807) is 12.1 Å². The first-order chi connectivity index (χ1) is 16.5. The largest absolute Gasteiger partial charge is 0.354 e. The van der Waals surface area contributed by atoms with Crippen LogP contribution < -0.4 is 9.62 Å². The molecule has 0 fully saturated rings. The van der Waals surface area contributed by atoms with E-state index in [-0.39, 0.29) is 24.9 Å². The normalized spacial score (nSPS) is 12.3. The van der Waals surface area contributed by atoms with Crippen LogP contribution in [0.15, 0.2) is 48.5 Å². The highest BCUT2D eigenvalue weighted by atomic mass is 32.2. The quantitative estimate of drug-likeness (QED) is 0.472. The molecular weight excluding hydrogens is 462 g/mol. The summed E-state index contributed by atoms with van der Waals surface area (Å²) >= 11 is 0. The first-order valence-electron chi connectivity index (χ1n) is 12.2. The van der Waals surface area contributed by atoms with Gasteiger partial charge in [-0.15, -0.1) is 0 Å². The SMILES string of the molecule is CCCNC(=O)[C@H](CC)N(Cc1ccccc1C)C(=O)CN(c1ccccc1C(C)C)S(C)(=O)=O. The van der Waals surface area contributed by atoms with Crippen molar-refractivity contribution in [2.24, 2.45) is 0 Å². The number of para-hydroxylation sites is 1. The van der Waals surface area contributed by atoms with E-state index in [9.17, 15) is 18.0 Å². The van der Waals surface area contributed by atoms with Crippen LogP contribution in [0.1, 0.15) is 63.1 Å². The van der Waals surface area contributed by atoms with Gasteiger partial charge in [0.05, 0.1) is 11.9 Å². The predicted octanol–water partition coefficient (Wildman–Crippen LogP) is 4.22. The zero-order chi connectivity index (χ0) is 26.2. The number of carbonyl (C=O) groups excluding carboxylic acids is 2. The number of amides is 2. The van der Waals surface area contributed by atoms with E-state index in [1.807, 2.05) is 71.0 Å². The molecule has 0 saturated carbocycles. The third-order valence-electron chi connectivity index (χ3n) is 6.04. The molecule has 1 atom stereocenters. The van der Waals surface area contributed by atoms with Crippen LogP contribution in [0.25, 0.3) is 0 Å². The lowest BCUT2D eigenvalue weighted by Crippen LogP contribution is -2.52. The van der Waals surface area contributed by atoms with Gasteiger partial charge in [0.1, 0.15) is 12.6 Å². The fraction of sp³-hybridized carbons (Fsp3) is 0.481. The van der Waals surface area contributed by atoms with Crippen LogP contribution in [0.4, 0.5) is 5.69 Å². The zero-order valence-corrected chi connectivity index (χ0v) is 22.6. The average molecular weight is 502 g/mol. The number of carbonyl (C=O) groups is 2. The smallest absolute Gasteiger partial charge is 0.244 e. The monoisotopic (exact) mass is 501 g/mol. The first kappa shape index (κ1) is 28.4. The van der Waals surface area contributed by atoms with Crippen molar-refractivity contribution in [1.82, 2.24) is 10.2 Å². The Balaban J connectivity index is 2.50. The van der Waals surface area contributed by atoms with Crippen molar-refractivity contribution in [3.8, 4) is 0 Å². The number of nitrogens with zero attached hydrogens (tertiary/aromatic N) is 2. The van der Waals surface area contributed by atoms with Gasteiger partial charge in [-0.25, -0.2) is 8.42 Å². The number of anilines is 1. The summed E-state index contributed by atoms with van der Waals surface area (Å²) < 4.78 is 26.9. The van der Waals surface area contributed by atoms with Crippen LogP contribution in [-0.2, 0) is 26.2 Å². The van der Waals surface area contributed by atoms with Crippen molar-refractivity contribution in [2.45, 2.75) is 66.0 Å². The third-order valence-corrected chi connectivity index (χ3v) is 7.17. The molecule has 2 amide bonds. The molecule has 7 nitrogen and oxygen atoms in total. The van der Waals surface area contributed by atoms with Gasteiger partial charge in [-0.1, -0.05) is 70.2 Å². The van der Waals surface area contributed by atoms with Gasteiger partial charge >= 0.3 is 0 Å². The van der Waals surface area contributed by atoms with E-state index in [2.05, 4.69) is 5.32 Å². The molecule has 8 heteroatoms. The molecule has 2 aromatic carbocycles. The summed E-state index contributed by atoms with van der Waals surface area (Å²) in [5.41, 5.74) is 3.23. The van der Waals surface area contributed by atoms with Crippen LogP contribution >= 0.6 is 0 Å². The Hall–Kier alpha value is -2.87. The zero-order valence-electron chi connectivity index (χ0n) is 21.7. The molecule has 2 aromatic rings. The van der Waals surface area contributed by atoms with E-state index >= 15 is 0 Å². The Morgan fingerprint density at radius 1 is 1.00 bits per heavy atom. The fourth-order valence-corrected chi connectivity index (χ4v) is 4.92. The second kappa shape index (κ2) is 12.7. The minimum absolute atomic E-state index is 0.0665. The van der Waals surface area contributed by atoms with Crippen molar-refractivity contribution in [3.05, 3.63) is 65.2 Å². The number of nitrogens with one attached hydrogen (secondary N) is 1. The highest BCUT2D eigenvalue weighted by Gasteiger charge is 2.32. The summed E-state index contributed by atoms with van der Waals surface area (Å²) in [6.07, 6.45) is 2.30. The third kappa shape index (κ3) is 7.56. The highest BCUT2D eigenvalue weighted by molar-refractivity contribution is 7.92. The summed E-state index contributed by atoms with van der Waals surface area (Å²) in [6, 6.07) is 14.2. The van der Waals surface area contributed by atoms with Crippen LogP contribution in [-0.4, -0.2) is 50.5 Å². The average Bonchev–Trinajstić information content (AvgIpc) is 2.81. The standard InChI is InChI=1S/C27H39N3O4S/c1-7-17-28-27(32)24(8-2)29(18-22-14-10-9-13-21(22)5)26(31)19-30(35(6,33)34)25-16-12-11-15-23(25)20(3)4/h9-16,20,24H,7-8,17-19H2,1-6H3,(H,28,32)/t24-/m0/s1. The second-order valence-corrected chi connectivity index (χ2v) is 11.1. The van der Waals surface area contributed by atoms with E-state index in [4.69, 9.17) is 0 Å². The fourth-order valence-electron chi connectivity index (χ4n) is 4.05. The molecule has 2 rings (SSSR count). The van der Waals surface area contributed by atoms with Crippen molar-refractivity contribution >= 4 is 27.5 Å². The van der Waals surface area contributed by atoms with Gasteiger partial charge in [0.25, 0.3) is 0 Å². The van der Waals surface area contributed by atoms with Gasteiger partial charge in [0.2, 0.25) is 21.8 Å². The summed E-state index contributed by atoms with van der Waals surface area (Å²) in [7, 11) is -3.77. The van der Waals surface area contributed by atoms with E-state index in [0.29, 0.717) is 18.7 Å². The van der Waals surface area contributed by atoms with Crippen LogP contribution in [0.2, 0.25) is 0 Å². The minimum atomic E-state index is -3.77. The molecule has 192 valence electrons. The van der Waals surface area contributed by atoms with E-state index in [1.165, 1.54) is 4.90 Å². The van der Waals surface area contributed by atoms with Crippen LogP contribution in [0, 0.1) is 6.92 Å².